The molecule has 2 N–H and O–H groups in total. The molecule has 0 amide bonds. The largest absolute Gasteiger partial charge is 0.507 e. The summed E-state index contributed by atoms with van der Waals surface area (Å²) in [6.07, 6.45) is 1.19. The molecule has 1 atom stereocenters. The van der Waals surface area contributed by atoms with Crippen LogP contribution >= 0.6 is 23.2 Å². The fourth-order valence-electron chi connectivity index (χ4n) is 2.90. The van der Waals surface area contributed by atoms with Crippen molar-refractivity contribution >= 4 is 34.7 Å². The summed E-state index contributed by atoms with van der Waals surface area (Å²) in [6, 6.07) is 12.6. The van der Waals surface area contributed by atoms with E-state index < -0.39 is 0 Å². The summed E-state index contributed by atoms with van der Waals surface area (Å²) in [7, 11) is 0. The maximum atomic E-state index is 10.0. The number of nitrogens with one attached hydrogen (secondary N) is 1. The normalized spacial score (nSPS) is 16.8. The molecule has 2 aromatic carbocycles. The zero-order valence-electron chi connectivity index (χ0n) is 13.8. The molecule has 0 radical (unpaired) electrons. The Morgan fingerprint density at radius 2 is 2.04 bits per heavy atom. The number of amidine groups is 1. The topological polar surface area (TPSA) is 59.7 Å². The first-order valence-corrected chi connectivity index (χ1v) is 8.87. The van der Waals surface area contributed by atoms with Gasteiger partial charge >= 0.3 is 0 Å². The van der Waals surface area contributed by atoms with Crippen LogP contribution in [0.1, 0.15) is 24.5 Å². The molecule has 0 saturated carbocycles. The van der Waals surface area contributed by atoms with Gasteiger partial charge in [0.1, 0.15) is 11.6 Å². The second-order valence-electron chi connectivity index (χ2n) is 6.17. The van der Waals surface area contributed by atoms with Crippen molar-refractivity contribution < 1.29 is 5.11 Å². The van der Waals surface area contributed by atoms with Crippen LogP contribution in [0.4, 0.5) is 0 Å². The summed E-state index contributed by atoms with van der Waals surface area (Å²) in [5.41, 5.74) is 2.51. The van der Waals surface area contributed by atoms with Gasteiger partial charge in [0.15, 0.2) is 0 Å². The van der Waals surface area contributed by atoms with Crippen molar-refractivity contribution in [3.05, 3.63) is 63.6 Å². The molecule has 1 heterocycles. The molecule has 0 aliphatic carbocycles. The minimum Gasteiger partial charge on any atom is -0.507 e. The number of aromatic hydroxyl groups is 1. The molecule has 2 aromatic rings. The molecule has 0 bridgehead atoms. The smallest absolute Gasteiger partial charge is 0.124 e. The second-order valence-corrected chi connectivity index (χ2v) is 7.01. The van der Waals surface area contributed by atoms with Crippen molar-refractivity contribution in [1.82, 2.24) is 5.01 Å². The number of hydrogen-bond acceptors (Lipinski definition) is 3. The van der Waals surface area contributed by atoms with E-state index in [1.54, 1.807) is 29.3 Å². The Balaban J connectivity index is 1.70. The van der Waals surface area contributed by atoms with Gasteiger partial charge in [0.05, 0.1) is 12.3 Å². The van der Waals surface area contributed by atoms with Crippen LogP contribution in [0.25, 0.3) is 0 Å². The number of phenolic OH excluding ortho intramolecular Hbond substituents is 1. The third-order valence-corrected chi connectivity index (χ3v) is 4.87. The van der Waals surface area contributed by atoms with E-state index in [1.807, 2.05) is 18.2 Å². The molecule has 1 aliphatic heterocycles. The lowest BCUT2D eigenvalue weighted by molar-refractivity contribution is 0.443. The van der Waals surface area contributed by atoms with Crippen LogP contribution in [0, 0.1) is 11.3 Å². The van der Waals surface area contributed by atoms with Crippen molar-refractivity contribution in [2.24, 2.45) is 11.0 Å². The van der Waals surface area contributed by atoms with Crippen LogP contribution in [0.2, 0.25) is 10.0 Å². The molecule has 4 nitrogen and oxygen atoms in total. The van der Waals surface area contributed by atoms with E-state index in [2.05, 4.69) is 12.0 Å². The summed E-state index contributed by atoms with van der Waals surface area (Å²) < 4.78 is 0. The number of halogens is 2. The molecule has 3 rings (SSSR count). The fraction of sp³-hybridized carbons (Fsp3) is 0.263. The van der Waals surface area contributed by atoms with E-state index in [-0.39, 0.29) is 11.7 Å². The Hall–Kier alpha value is -2.04. The quantitative estimate of drug-likeness (QED) is 0.585. The van der Waals surface area contributed by atoms with Crippen LogP contribution in [-0.2, 0) is 6.42 Å². The SMILES string of the molecule is CC1CN(C(=N)CCc2ccc(Cl)cc2Cl)N=C1c1ccccc1O. The molecule has 6 heteroatoms. The van der Waals surface area contributed by atoms with Gasteiger partial charge in [-0.15, -0.1) is 0 Å². The summed E-state index contributed by atoms with van der Waals surface area (Å²) in [6.45, 7) is 2.69. The number of phenols is 1. The van der Waals surface area contributed by atoms with E-state index in [9.17, 15) is 5.11 Å². The second kappa shape index (κ2) is 7.46. The number of hydrazone groups is 1. The lowest BCUT2D eigenvalue weighted by Gasteiger charge is -2.15. The first-order valence-electron chi connectivity index (χ1n) is 8.11. The summed E-state index contributed by atoms with van der Waals surface area (Å²) >= 11 is 12.1. The van der Waals surface area contributed by atoms with Crippen molar-refractivity contribution in [2.75, 3.05) is 6.54 Å². The number of rotatable bonds is 4. The molecule has 0 fully saturated rings. The molecular weight excluding hydrogens is 357 g/mol. The highest BCUT2D eigenvalue weighted by Crippen LogP contribution is 2.27. The summed E-state index contributed by atoms with van der Waals surface area (Å²) in [5, 5.41) is 25.9. The van der Waals surface area contributed by atoms with Gasteiger partial charge in [0.25, 0.3) is 0 Å². The van der Waals surface area contributed by atoms with Crippen molar-refractivity contribution in [1.29, 1.82) is 5.41 Å². The Labute approximate surface area is 157 Å². The van der Waals surface area contributed by atoms with E-state index in [4.69, 9.17) is 28.6 Å². The van der Waals surface area contributed by atoms with Crippen LogP contribution in [-0.4, -0.2) is 28.2 Å². The van der Waals surface area contributed by atoms with Gasteiger partial charge in [0, 0.05) is 27.9 Å². The maximum absolute atomic E-state index is 10.0. The molecular formula is C19H19Cl2N3O. The van der Waals surface area contributed by atoms with Gasteiger partial charge in [0.2, 0.25) is 0 Å². The monoisotopic (exact) mass is 375 g/mol. The number of para-hydroxylation sites is 1. The number of aryl methyl sites for hydroxylation is 1. The fourth-order valence-corrected chi connectivity index (χ4v) is 3.40. The molecule has 1 unspecified atom stereocenters. The van der Waals surface area contributed by atoms with E-state index in [0.717, 1.165) is 16.8 Å². The van der Waals surface area contributed by atoms with Crippen LogP contribution in [0.5, 0.6) is 5.75 Å². The molecule has 0 saturated heterocycles. The van der Waals surface area contributed by atoms with Gasteiger partial charge < -0.3 is 5.11 Å². The van der Waals surface area contributed by atoms with Crippen LogP contribution in [0.3, 0.4) is 0 Å². The van der Waals surface area contributed by atoms with Gasteiger partial charge in [-0.25, -0.2) is 0 Å². The lowest BCUT2D eigenvalue weighted by Crippen LogP contribution is -2.25. The van der Waals surface area contributed by atoms with E-state index in [1.165, 1.54) is 0 Å². The molecule has 0 aromatic heterocycles. The third-order valence-electron chi connectivity index (χ3n) is 4.28. The van der Waals surface area contributed by atoms with E-state index in [0.29, 0.717) is 35.3 Å². The Kier molecular flexibility index (Phi) is 5.30. The predicted octanol–water partition coefficient (Wildman–Crippen LogP) is 4.96. The number of hydrogen-bond donors (Lipinski definition) is 2. The minimum absolute atomic E-state index is 0.146. The van der Waals surface area contributed by atoms with Gasteiger partial charge in [-0.2, -0.15) is 5.10 Å². The lowest BCUT2D eigenvalue weighted by atomic mass is 9.98. The first-order chi connectivity index (χ1) is 12.0. The zero-order chi connectivity index (χ0) is 18.0. The Bertz CT molecular complexity index is 835. The zero-order valence-corrected chi connectivity index (χ0v) is 15.3. The third kappa shape index (κ3) is 3.97. The number of nitrogens with zero attached hydrogens (tertiary/aromatic N) is 2. The van der Waals surface area contributed by atoms with Gasteiger partial charge in [-0.05, 0) is 36.2 Å². The van der Waals surface area contributed by atoms with E-state index >= 15 is 0 Å². The number of benzene rings is 2. The molecule has 25 heavy (non-hydrogen) atoms. The highest BCUT2D eigenvalue weighted by Gasteiger charge is 2.27. The van der Waals surface area contributed by atoms with Crippen LogP contribution < -0.4 is 0 Å². The highest BCUT2D eigenvalue weighted by molar-refractivity contribution is 6.35. The maximum Gasteiger partial charge on any atom is 0.124 e. The summed E-state index contributed by atoms with van der Waals surface area (Å²) in [5.74, 6) is 0.797. The van der Waals surface area contributed by atoms with Gasteiger partial charge in [-0.1, -0.05) is 48.3 Å². The minimum atomic E-state index is 0.146. The average molecular weight is 376 g/mol. The highest BCUT2D eigenvalue weighted by atomic mass is 35.5. The molecule has 0 spiro atoms. The van der Waals surface area contributed by atoms with Crippen molar-refractivity contribution in [2.45, 2.75) is 19.8 Å². The Morgan fingerprint density at radius 1 is 1.28 bits per heavy atom. The molecule has 130 valence electrons. The first kappa shape index (κ1) is 17.8. The molecule has 1 aliphatic rings. The van der Waals surface area contributed by atoms with Crippen LogP contribution in [0.15, 0.2) is 47.6 Å². The average Bonchev–Trinajstić information content (AvgIpc) is 2.96. The standard InChI is InChI=1S/C19H19Cl2N3O/c1-12-11-24(23-19(12)15-4-2-3-5-17(15)25)18(22)9-7-13-6-8-14(20)10-16(13)21/h2-6,8,10,12,22,25H,7,9,11H2,1H3. The van der Waals surface area contributed by atoms with Gasteiger partial charge in [-0.3, -0.25) is 10.4 Å². The predicted molar refractivity (Wildman–Crippen MR) is 103 cm³/mol. The Morgan fingerprint density at radius 3 is 2.76 bits per heavy atom. The van der Waals surface area contributed by atoms with Crippen molar-refractivity contribution in [3.8, 4) is 5.75 Å². The van der Waals surface area contributed by atoms with Crippen molar-refractivity contribution in [3.63, 3.8) is 0 Å². The summed E-state index contributed by atoms with van der Waals surface area (Å²) in [4.78, 5) is 0.